The molecule has 0 aromatic rings. The van der Waals surface area contributed by atoms with Gasteiger partial charge < -0.3 is 0 Å². The van der Waals surface area contributed by atoms with Crippen LogP contribution < -0.4 is 0 Å². The van der Waals surface area contributed by atoms with Crippen LogP contribution in [0.2, 0.25) is 0 Å². The van der Waals surface area contributed by atoms with Crippen molar-refractivity contribution >= 4 is 5.78 Å². The highest BCUT2D eigenvalue weighted by Crippen LogP contribution is 2.51. The first-order chi connectivity index (χ1) is 8.95. The molecule has 3 fully saturated rings. The summed E-state index contributed by atoms with van der Waals surface area (Å²) in [5.41, 5.74) is 0. The van der Waals surface area contributed by atoms with E-state index >= 15 is 0 Å². The zero-order valence-corrected chi connectivity index (χ0v) is 11.1. The summed E-state index contributed by atoms with van der Waals surface area (Å²) in [5.74, 6) is -0.125. The molecule has 108 valence electrons. The molecule has 0 aromatic carbocycles. The molecule has 5 atom stereocenters. The average molecular weight is 274 g/mol. The van der Waals surface area contributed by atoms with E-state index in [1.807, 2.05) is 0 Å². The normalized spacial score (nSPS) is 42.6. The fraction of sp³-hybridized carbons (Fsp3) is 0.933. The summed E-state index contributed by atoms with van der Waals surface area (Å²) in [6.07, 6.45) is 1.83. The lowest BCUT2D eigenvalue weighted by Gasteiger charge is -2.32. The molecule has 1 nitrogen and oxygen atoms in total. The number of halogens is 3. The fourth-order valence-corrected chi connectivity index (χ4v) is 4.64. The number of Topliss-reactive ketones (excluding diaryl/α,β-unsaturated/α-hetero) is 1. The number of ketones is 1. The quantitative estimate of drug-likeness (QED) is 0.731. The number of hydrogen-bond donors (Lipinski definition) is 0. The van der Waals surface area contributed by atoms with E-state index in [1.165, 1.54) is 6.42 Å². The van der Waals surface area contributed by atoms with Gasteiger partial charge in [0.25, 0.3) is 0 Å². The van der Waals surface area contributed by atoms with Crippen molar-refractivity contribution in [3.05, 3.63) is 0 Å². The molecule has 3 saturated carbocycles. The Morgan fingerprint density at radius 3 is 2.32 bits per heavy atom. The van der Waals surface area contributed by atoms with Crippen molar-refractivity contribution in [2.75, 3.05) is 0 Å². The Labute approximate surface area is 111 Å². The smallest absolute Gasteiger partial charge is 0.299 e. The second-order valence-corrected chi connectivity index (χ2v) is 6.79. The van der Waals surface area contributed by atoms with Crippen LogP contribution in [0.1, 0.15) is 51.4 Å². The zero-order chi connectivity index (χ0) is 13.6. The molecule has 0 radical (unpaired) electrons. The highest BCUT2D eigenvalue weighted by molar-refractivity contribution is 5.84. The molecular weight excluding hydrogens is 253 g/mol. The number of alkyl halides is 3. The van der Waals surface area contributed by atoms with E-state index in [0.29, 0.717) is 24.7 Å². The van der Waals surface area contributed by atoms with Crippen LogP contribution in [-0.4, -0.2) is 12.0 Å². The zero-order valence-electron chi connectivity index (χ0n) is 11.1. The van der Waals surface area contributed by atoms with Gasteiger partial charge in [-0.05, 0) is 50.4 Å². The van der Waals surface area contributed by atoms with Gasteiger partial charge in [-0.3, -0.25) is 4.79 Å². The van der Waals surface area contributed by atoms with E-state index in [4.69, 9.17) is 0 Å². The summed E-state index contributed by atoms with van der Waals surface area (Å²) in [6.45, 7) is 0. The van der Waals surface area contributed by atoms with Crippen molar-refractivity contribution < 1.29 is 18.0 Å². The molecule has 0 aliphatic heterocycles. The number of carbonyl (C=O) groups excluding carboxylic acids is 1. The molecule has 0 N–H and O–H groups in total. The summed E-state index contributed by atoms with van der Waals surface area (Å²) in [5, 5.41) is 0. The second-order valence-electron chi connectivity index (χ2n) is 6.79. The Morgan fingerprint density at radius 1 is 0.947 bits per heavy atom. The third kappa shape index (κ3) is 2.55. The van der Waals surface area contributed by atoms with Crippen LogP contribution in [0.4, 0.5) is 13.2 Å². The lowest BCUT2D eigenvalue weighted by Crippen LogP contribution is -2.35. The molecule has 3 aliphatic carbocycles. The first-order valence-electron chi connectivity index (χ1n) is 7.55. The number of hydrogen-bond acceptors (Lipinski definition) is 1. The van der Waals surface area contributed by atoms with Crippen LogP contribution in [0.15, 0.2) is 0 Å². The Morgan fingerprint density at radius 2 is 1.74 bits per heavy atom. The Bertz CT molecular complexity index is 363. The van der Waals surface area contributed by atoms with E-state index in [0.717, 1.165) is 19.3 Å². The van der Waals surface area contributed by atoms with Gasteiger partial charge in [0.15, 0.2) is 0 Å². The van der Waals surface area contributed by atoms with E-state index in [2.05, 4.69) is 0 Å². The number of carbonyl (C=O) groups is 1. The summed E-state index contributed by atoms with van der Waals surface area (Å²) >= 11 is 0. The van der Waals surface area contributed by atoms with Gasteiger partial charge in [0.1, 0.15) is 5.78 Å². The van der Waals surface area contributed by atoms with Crippen LogP contribution in [0.3, 0.4) is 0 Å². The molecule has 0 spiro atoms. The SMILES string of the molecule is O=C(C1CCCC(C(F)(F)F)C1)C1CC2CCC1C2. The molecule has 3 rings (SSSR count). The van der Waals surface area contributed by atoms with Gasteiger partial charge in [-0.15, -0.1) is 0 Å². The molecule has 19 heavy (non-hydrogen) atoms. The topological polar surface area (TPSA) is 17.1 Å². The van der Waals surface area contributed by atoms with Gasteiger partial charge in [0.2, 0.25) is 0 Å². The van der Waals surface area contributed by atoms with Crippen molar-refractivity contribution in [1.29, 1.82) is 0 Å². The van der Waals surface area contributed by atoms with E-state index in [9.17, 15) is 18.0 Å². The standard InChI is InChI=1S/C15H21F3O/c16-15(17,18)12-3-1-2-11(8-12)14(19)13-7-9-4-5-10(13)6-9/h9-13H,1-8H2. The third-order valence-corrected chi connectivity index (χ3v) is 5.64. The average Bonchev–Trinajstić information content (AvgIpc) is 2.99. The largest absolute Gasteiger partial charge is 0.391 e. The van der Waals surface area contributed by atoms with E-state index < -0.39 is 12.1 Å². The first kappa shape index (κ1) is 13.4. The van der Waals surface area contributed by atoms with E-state index in [-0.39, 0.29) is 30.5 Å². The summed E-state index contributed by atoms with van der Waals surface area (Å²) in [6, 6.07) is 0. The summed E-state index contributed by atoms with van der Waals surface area (Å²) < 4.78 is 38.4. The van der Waals surface area contributed by atoms with E-state index in [1.54, 1.807) is 0 Å². The van der Waals surface area contributed by atoms with Crippen LogP contribution in [0, 0.1) is 29.6 Å². The maximum absolute atomic E-state index is 12.8. The van der Waals surface area contributed by atoms with Crippen LogP contribution >= 0.6 is 0 Å². The minimum atomic E-state index is -4.12. The Hall–Kier alpha value is -0.540. The summed E-state index contributed by atoms with van der Waals surface area (Å²) in [4.78, 5) is 12.5. The van der Waals surface area contributed by atoms with Crippen LogP contribution in [0.25, 0.3) is 0 Å². The molecule has 3 aliphatic rings. The van der Waals surface area contributed by atoms with Crippen molar-refractivity contribution in [3.8, 4) is 0 Å². The minimum Gasteiger partial charge on any atom is -0.299 e. The molecule has 2 bridgehead atoms. The van der Waals surface area contributed by atoms with Crippen LogP contribution in [-0.2, 0) is 4.79 Å². The van der Waals surface area contributed by atoms with Crippen molar-refractivity contribution in [1.82, 2.24) is 0 Å². The molecule has 0 amide bonds. The van der Waals surface area contributed by atoms with Crippen molar-refractivity contribution in [2.45, 2.75) is 57.5 Å². The summed E-state index contributed by atoms with van der Waals surface area (Å²) in [7, 11) is 0. The number of fused-ring (bicyclic) bond motifs is 2. The van der Waals surface area contributed by atoms with Crippen molar-refractivity contribution in [3.63, 3.8) is 0 Å². The second kappa shape index (κ2) is 4.78. The maximum Gasteiger partial charge on any atom is 0.391 e. The monoisotopic (exact) mass is 274 g/mol. The third-order valence-electron chi connectivity index (χ3n) is 5.64. The molecular formula is C15H21F3O. The fourth-order valence-electron chi connectivity index (χ4n) is 4.64. The molecule has 4 heteroatoms. The van der Waals surface area contributed by atoms with Gasteiger partial charge in [-0.25, -0.2) is 0 Å². The Balaban J connectivity index is 1.64. The molecule has 0 saturated heterocycles. The molecule has 0 heterocycles. The van der Waals surface area contributed by atoms with Gasteiger partial charge >= 0.3 is 6.18 Å². The van der Waals surface area contributed by atoms with Gasteiger partial charge in [0, 0.05) is 11.8 Å². The maximum atomic E-state index is 12.8. The van der Waals surface area contributed by atoms with Gasteiger partial charge in [0.05, 0.1) is 5.92 Å². The molecule has 5 unspecified atom stereocenters. The Kier molecular flexibility index (Phi) is 3.38. The first-order valence-corrected chi connectivity index (χ1v) is 7.55. The minimum absolute atomic E-state index is 0.0518. The van der Waals surface area contributed by atoms with Gasteiger partial charge in [-0.2, -0.15) is 13.2 Å². The lowest BCUT2D eigenvalue weighted by atomic mass is 9.73. The van der Waals surface area contributed by atoms with Crippen LogP contribution in [0.5, 0.6) is 0 Å². The highest BCUT2D eigenvalue weighted by Gasteiger charge is 2.48. The predicted molar refractivity (Wildman–Crippen MR) is 65.4 cm³/mol. The highest BCUT2D eigenvalue weighted by atomic mass is 19.4. The number of rotatable bonds is 2. The molecule has 0 aromatic heterocycles. The predicted octanol–water partition coefficient (Wildman–Crippen LogP) is 4.36. The van der Waals surface area contributed by atoms with Gasteiger partial charge in [-0.1, -0.05) is 12.8 Å². The van der Waals surface area contributed by atoms with Crippen molar-refractivity contribution in [2.24, 2.45) is 29.6 Å². The lowest BCUT2D eigenvalue weighted by molar-refractivity contribution is -0.186.